The summed E-state index contributed by atoms with van der Waals surface area (Å²) in [6.07, 6.45) is 0.809. The second-order valence-corrected chi connectivity index (χ2v) is 5.64. The molecule has 1 saturated heterocycles. The highest BCUT2D eigenvalue weighted by atomic mass is 16.2. The molecule has 1 fully saturated rings. The second kappa shape index (κ2) is 7.06. The first kappa shape index (κ1) is 16.0. The Hall–Kier alpha value is -2.37. The molecule has 0 radical (unpaired) electrons. The van der Waals surface area contributed by atoms with Gasteiger partial charge in [-0.25, -0.2) is 0 Å². The van der Waals surface area contributed by atoms with Gasteiger partial charge in [0, 0.05) is 43.3 Å². The van der Waals surface area contributed by atoms with Gasteiger partial charge in [0.05, 0.1) is 0 Å². The van der Waals surface area contributed by atoms with E-state index in [9.17, 15) is 14.4 Å². The van der Waals surface area contributed by atoms with E-state index < -0.39 is 0 Å². The van der Waals surface area contributed by atoms with Crippen LogP contribution < -0.4 is 5.32 Å². The Morgan fingerprint density at radius 3 is 2.09 bits per heavy atom. The van der Waals surface area contributed by atoms with E-state index in [0.29, 0.717) is 37.3 Å². The van der Waals surface area contributed by atoms with Crippen LogP contribution >= 0.6 is 0 Å². The van der Waals surface area contributed by atoms with Crippen LogP contribution in [0.15, 0.2) is 24.3 Å². The van der Waals surface area contributed by atoms with Gasteiger partial charge in [-0.3, -0.25) is 14.4 Å². The third kappa shape index (κ3) is 3.84. The third-order valence-corrected chi connectivity index (χ3v) is 3.56. The number of hydrogen-bond acceptors (Lipinski definition) is 3. The van der Waals surface area contributed by atoms with Crippen LogP contribution in [0.4, 0.5) is 0 Å². The number of carbonyl (C=O) groups is 3. The van der Waals surface area contributed by atoms with Crippen molar-refractivity contribution in [2.24, 2.45) is 0 Å². The highest BCUT2D eigenvalue weighted by Gasteiger charge is 2.21. The Morgan fingerprint density at radius 2 is 1.59 bits per heavy atom. The van der Waals surface area contributed by atoms with Crippen LogP contribution in [0, 0.1) is 0 Å². The van der Waals surface area contributed by atoms with Gasteiger partial charge in [-0.1, -0.05) is 0 Å². The minimum atomic E-state index is -0.145. The zero-order valence-electron chi connectivity index (χ0n) is 12.9. The molecule has 3 amide bonds. The van der Waals surface area contributed by atoms with Crippen molar-refractivity contribution in [2.75, 3.05) is 26.2 Å². The molecule has 0 bridgehead atoms. The van der Waals surface area contributed by atoms with Crippen LogP contribution in [0.5, 0.6) is 0 Å². The molecule has 1 aromatic carbocycles. The monoisotopic (exact) mass is 303 g/mol. The Morgan fingerprint density at radius 1 is 1.05 bits per heavy atom. The van der Waals surface area contributed by atoms with Crippen LogP contribution in [-0.2, 0) is 4.79 Å². The van der Waals surface area contributed by atoms with Gasteiger partial charge in [-0.05, 0) is 38.1 Å². The van der Waals surface area contributed by atoms with Crippen molar-refractivity contribution in [2.45, 2.75) is 19.9 Å². The Bertz CT molecular complexity index is 546. The van der Waals surface area contributed by atoms with Crippen molar-refractivity contribution in [1.82, 2.24) is 15.1 Å². The smallest absolute Gasteiger partial charge is 0.253 e. The fourth-order valence-corrected chi connectivity index (χ4v) is 2.32. The summed E-state index contributed by atoms with van der Waals surface area (Å²) >= 11 is 0. The third-order valence-electron chi connectivity index (χ3n) is 3.56. The molecule has 1 heterocycles. The molecule has 6 nitrogen and oxygen atoms in total. The van der Waals surface area contributed by atoms with Crippen molar-refractivity contribution in [1.29, 1.82) is 0 Å². The topological polar surface area (TPSA) is 69.7 Å². The van der Waals surface area contributed by atoms with E-state index in [0.717, 1.165) is 6.41 Å². The van der Waals surface area contributed by atoms with E-state index in [1.54, 1.807) is 34.1 Å². The lowest BCUT2D eigenvalue weighted by molar-refractivity contribution is -0.119. The molecule has 0 saturated carbocycles. The summed E-state index contributed by atoms with van der Waals surface area (Å²) in [6, 6.07) is 6.73. The second-order valence-electron chi connectivity index (χ2n) is 5.64. The van der Waals surface area contributed by atoms with Gasteiger partial charge in [0.2, 0.25) is 6.41 Å². The highest BCUT2D eigenvalue weighted by Crippen LogP contribution is 2.10. The fraction of sp³-hybridized carbons (Fsp3) is 0.438. The molecule has 1 aliphatic rings. The number of carbonyl (C=O) groups excluding carboxylic acids is 3. The summed E-state index contributed by atoms with van der Waals surface area (Å²) < 4.78 is 0. The maximum absolute atomic E-state index is 12.4. The number of piperazine rings is 1. The van der Waals surface area contributed by atoms with Crippen molar-refractivity contribution in [3.05, 3.63) is 35.4 Å². The maximum Gasteiger partial charge on any atom is 0.253 e. The molecule has 1 aliphatic heterocycles. The molecule has 0 aromatic heterocycles. The van der Waals surface area contributed by atoms with Crippen LogP contribution in [0.3, 0.4) is 0 Å². The van der Waals surface area contributed by atoms with Crippen LogP contribution in [0.1, 0.15) is 34.6 Å². The molecule has 118 valence electrons. The van der Waals surface area contributed by atoms with E-state index in [1.807, 2.05) is 13.8 Å². The normalized spacial score (nSPS) is 14.9. The molecule has 22 heavy (non-hydrogen) atoms. The summed E-state index contributed by atoms with van der Waals surface area (Å²) in [5.74, 6) is -0.213. The predicted octanol–water partition coefficient (Wildman–Crippen LogP) is 0.739. The molecule has 0 atom stereocenters. The first-order valence-corrected chi connectivity index (χ1v) is 7.41. The average Bonchev–Trinajstić information content (AvgIpc) is 2.54. The highest BCUT2D eigenvalue weighted by molar-refractivity contribution is 5.98. The molecule has 0 unspecified atom stereocenters. The van der Waals surface area contributed by atoms with Gasteiger partial charge in [0.25, 0.3) is 11.8 Å². The summed E-state index contributed by atoms with van der Waals surface area (Å²) in [4.78, 5) is 38.3. The predicted molar refractivity (Wildman–Crippen MR) is 82.6 cm³/mol. The molecule has 0 aliphatic carbocycles. The summed E-state index contributed by atoms with van der Waals surface area (Å²) in [5, 5.41) is 2.81. The molecular weight excluding hydrogens is 282 g/mol. The van der Waals surface area contributed by atoms with Crippen LogP contribution in [0.25, 0.3) is 0 Å². The van der Waals surface area contributed by atoms with E-state index >= 15 is 0 Å². The fourth-order valence-electron chi connectivity index (χ4n) is 2.32. The summed E-state index contributed by atoms with van der Waals surface area (Å²) in [7, 11) is 0. The lowest BCUT2D eigenvalue weighted by Gasteiger charge is -2.32. The molecular formula is C16H21N3O3. The molecule has 1 N–H and O–H groups in total. The number of rotatable bonds is 4. The Kier molecular flexibility index (Phi) is 5.14. The standard InChI is InChI=1S/C16H21N3O3/c1-12(2)17-15(21)13-3-5-14(6-4-13)16(22)19-9-7-18(11-20)8-10-19/h3-6,11-12H,7-10H2,1-2H3,(H,17,21). The number of nitrogens with zero attached hydrogens (tertiary/aromatic N) is 2. The van der Waals surface area contributed by atoms with Crippen LogP contribution in [-0.4, -0.2) is 60.2 Å². The van der Waals surface area contributed by atoms with Crippen LogP contribution in [0.2, 0.25) is 0 Å². The minimum absolute atomic E-state index is 0.0682. The number of benzene rings is 1. The first-order valence-electron chi connectivity index (χ1n) is 7.41. The Labute approximate surface area is 130 Å². The number of hydrogen-bond donors (Lipinski definition) is 1. The van der Waals surface area contributed by atoms with Gasteiger partial charge in [0.15, 0.2) is 0 Å². The summed E-state index contributed by atoms with van der Waals surface area (Å²) in [6.45, 7) is 5.98. The van der Waals surface area contributed by atoms with Crippen molar-refractivity contribution in [3.8, 4) is 0 Å². The van der Waals surface area contributed by atoms with Crippen molar-refractivity contribution >= 4 is 18.2 Å². The van der Waals surface area contributed by atoms with Gasteiger partial charge >= 0.3 is 0 Å². The van der Waals surface area contributed by atoms with E-state index in [2.05, 4.69) is 5.32 Å². The largest absolute Gasteiger partial charge is 0.350 e. The molecule has 0 spiro atoms. The zero-order chi connectivity index (χ0) is 16.1. The lowest BCUT2D eigenvalue weighted by atomic mass is 10.1. The van der Waals surface area contributed by atoms with Crippen molar-refractivity contribution < 1.29 is 14.4 Å². The van der Waals surface area contributed by atoms with Gasteiger partial charge < -0.3 is 15.1 Å². The molecule has 2 rings (SSSR count). The summed E-state index contributed by atoms with van der Waals surface area (Å²) in [5.41, 5.74) is 1.09. The maximum atomic E-state index is 12.4. The SMILES string of the molecule is CC(C)NC(=O)c1ccc(C(=O)N2CCN(C=O)CC2)cc1. The Balaban J connectivity index is 1.99. The van der Waals surface area contributed by atoms with E-state index in [-0.39, 0.29) is 17.9 Å². The van der Waals surface area contributed by atoms with Gasteiger partial charge in [-0.2, -0.15) is 0 Å². The molecule has 1 aromatic rings. The zero-order valence-corrected chi connectivity index (χ0v) is 12.9. The lowest BCUT2D eigenvalue weighted by Crippen LogP contribution is -2.48. The quantitative estimate of drug-likeness (QED) is 0.834. The van der Waals surface area contributed by atoms with Gasteiger partial charge in [0.1, 0.15) is 0 Å². The number of nitrogens with one attached hydrogen (secondary N) is 1. The first-order chi connectivity index (χ1) is 10.5. The van der Waals surface area contributed by atoms with E-state index in [1.165, 1.54) is 0 Å². The van der Waals surface area contributed by atoms with E-state index in [4.69, 9.17) is 0 Å². The molecule has 6 heteroatoms. The van der Waals surface area contributed by atoms with Crippen molar-refractivity contribution in [3.63, 3.8) is 0 Å². The average molecular weight is 303 g/mol. The van der Waals surface area contributed by atoms with Gasteiger partial charge in [-0.15, -0.1) is 0 Å². The number of amides is 3. The minimum Gasteiger partial charge on any atom is -0.350 e.